The number of nitrogens with one attached hydrogen (secondary N) is 1. The van der Waals surface area contributed by atoms with Crippen LogP contribution in [0.2, 0.25) is 0 Å². The number of benzene rings is 1. The fraction of sp³-hybridized carbons (Fsp3) is 0.312. The van der Waals surface area contributed by atoms with Crippen LogP contribution in [-0.2, 0) is 0 Å². The van der Waals surface area contributed by atoms with Crippen LogP contribution in [0.5, 0.6) is 0 Å². The van der Waals surface area contributed by atoms with E-state index in [0.29, 0.717) is 12.0 Å². The third-order valence-electron chi connectivity index (χ3n) is 3.85. The van der Waals surface area contributed by atoms with E-state index in [4.69, 9.17) is 0 Å². The molecule has 5 nitrogen and oxygen atoms in total. The first-order valence-electron chi connectivity index (χ1n) is 7.33. The van der Waals surface area contributed by atoms with Gasteiger partial charge in [-0.05, 0) is 63.4 Å². The second-order valence-corrected chi connectivity index (χ2v) is 6.21. The average Bonchev–Trinajstić information content (AvgIpc) is 3.25. The van der Waals surface area contributed by atoms with Crippen molar-refractivity contribution in [2.45, 2.75) is 25.8 Å². The Hall–Kier alpha value is -2.05. The van der Waals surface area contributed by atoms with Crippen LogP contribution in [-0.4, -0.2) is 26.8 Å². The van der Waals surface area contributed by atoms with Crippen LogP contribution >= 0.6 is 11.3 Å². The predicted octanol–water partition coefficient (Wildman–Crippen LogP) is 3.18. The van der Waals surface area contributed by atoms with E-state index in [1.807, 2.05) is 12.1 Å². The van der Waals surface area contributed by atoms with Gasteiger partial charge in [0.1, 0.15) is 6.33 Å². The summed E-state index contributed by atoms with van der Waals surface area (Å²) in [4.78, 5) is 0. The Kier molecular flexibility index (Phi) is 4.60. The van der Waals surface area contributed by atoms with Crippen molar-refractivity contribution in [1.29, 1.82) is 0 Å². The lowest BCUT2D eigenvalue weighted by Crippen LogP contribution is -2.23. The molecule has 0 saturated heterocycles. The first kappa shape index (κ1) is 14.9. The number of tetrazole rings is 1. The second-order valence-electron chi connectivity index (χ2n) is 5.43. The maximum atomic E-state index is 3.89. The highest BCUT2D eigenvalue weighted by Crippen LogP contribution is 2.20. The number of nitrogens with zero attached hydrogens (tertiary/aromatic N) is 4. The zero-order valence-electron chi connectivity index (χ0n) is 12.7. The molecule has 2 heterocycles. The highest BCUT2D eigenvalue weighted by Gasteiger charge is 2.10. The van der Waals surface area contributed by atoms with E-state index < -0.39 is 0 Å². The van der Waals surface area contributed by atoms with Crippen LogP contribution < -0.4 is 5.32 Å². The first-order chi connectivity index (χ1) is 10.7. The lowest BCUT2D eigenvalue weighted by molar-refractivity contribution is 0.537. The minimum absolute atomic E-state index is 0.309. The van der Waals surface area contributed by atoms with Crippen molar-refractivity contribution in [3.05, 3.63) is 58.5 Å². The van der Waals surface area contributed by atoms with Gasteiger partial charge in [0, 0.05) is 12.6 Å². The summed E-state index contributed by atoms with van der Waals surface area (Å²) >= 11 is 1.75. The Balaban J connectivity index is 1.59. The van der Waals surface area contributed by atoms with Gasteiger partial charge in [0.05, 0.1) is 5.69 Å². The van der Waals surface area contributed by atoms with E-state index >= 15 is 0 Å². The van der Waals surface area contributed by atoms with Crippen molar-refractivity contribution in [1.82, 2.24) is 25.5 Å². The SMILES string of the molecule is C[C@H](CN[C@H](C)c1ccc(-n2cnnn2)cc1)c1ccsc1. The quantitative estimate of drug-likeness (QED) is 0.759. The zero-order valence-corrected chi connectivity index (χ0v) is 13.5. The summed E-state index contributed by atoms with van der Waals surface area (Å²) in [6, 6.07) is 10.8. The van der Waals surface area contributed by atoms with Gasteiger partial charge in [0.2, 0.25) is 0 Å². The standard InChI is InChI=1S/C16H19N5S/c1-12(15-7-8-22-10-15)9-17-13(2)14-3-5-16(6-4-14)21-11-18-19-20-21/h3-8,10-13,17H,9H2,1-2H3/t12-,13-/m1/s1. The molecule has 0 aliphatic heterocycles. The van der Waals surface area contributed by atoms with E-state index in [-0.39, 0.29) is 0 Å². The summed E-state index contributed by atoms with van der Waals surface area (Å²) < 4.78 is 1.65. The van der Waals surface area contributed by atoms with Gasteiger partial charge in [-0.25, -0.2) is 4.68 Å². The Morgan fingerprint density at radius 3 is 2.59 bits per heavy atom. The molecule has 1 aromatic carbocycles. The fourth-order valence-corrected chi connectivity index (χ4v) is 3.12. The van der Waals surface area contributed by atoms with Crippen LogP contribution in [0.1, 0.15) is 36.9 Å². The first-order valence-corrected chi connectivity index (χ1v) is 8.27. The molecule has 0 aliphatic carbocycles. The minimum Gasteiger partial charge on any atom is -0.310 e. The molecule has 1 N–H and O–H groups in total. The molecule has 6 heteroatoms. The molecule has 22 heavy (non-hydrogen) atoms. The van der Waals surface area contributed by atoms with Crippen LogP contribution in [0, 0.1) is 0 Å². The van der Waals surface area contributed by atoms with Crippen molar-refractivity contribution < 1.29 is 0 Å². The number of hydrogen-bond donors (Lipinski definition) is 1. The van der Waals surface area contributed by atoms with Crippen LogP contribution in [0.3, 0.4) is 0 Å². The molecule has 0 unspecified atom stereocenters. The zero-order chi connectivity index (χ0) is 15.4. The molecular formula is C16H19N5S. The lowest BCUT2D eigenvalue weighted by atomic mass is 10.0. The van der Waals surface area contributed by atoms with Crippen LogP contribution in [0.4, 0.5) is 0 Å². The van der Waals surface area contributed by atoms with Crippen molar-refractivity contribution in [3.63, 3.8) is 0 Å². The van der Waals surface area contributed by atoms with Gasteiger partial charge in [0.15, 0.2) is 0 Å². The molecule has 0 saturated carbocycles. The molecule has 114 valence electrons. The normalized spacial score (nSPS) is 13.9. The summed E-state index contributed by atoms with van der Waals surface area (Å²) in [5.74, 6) is 0.522. The van der Waals surface area contributed by atoms with Crippen LogP contribution in [0.25, 0.3) is 5.69 Å². The molecule has 0 bridgehead atoms. The van der Waals surface area contributed by atoms with E-state index in [2.05, 4.69) is 63.6 Å². The van der Waals surface area contributed by atoms with Gasteiger partial charge in [-0.1, -0.05) is 19.1 Å². The van der Waals surface area contributed by atoms with Gasteiger partial charge in [-0.2, -0.15) is 11.3 Å². The molecule has 0 fully saturated rings. The maximum absolute atomic E-state index is 3.89. The monoisotopic (exact) mass is 313 g/mol. The molecule has 2 aromatic heterocycles. The number of aromatic nitrogens is 4. The van der Waals surface area contributed by atoms with Gasteiger partial charge < -0.3 is 5.32 Å². The highest BCUT2D eigenvalue weighted by atomic mass is 32.1. The minimum atomic E-state index is 0.309. The topological polar surface area (TPSA) is 55.6 Å². The van der Waals surface area contributed by atoms with Gasteiger partial charge >= 0.3 is 0 Å². The number of hydrogen-bond acceptors (Lipinski definition) is 5. The summed E-state index contributed by atoms with van der Waals surface area (Å²) in [6.45, 7) is 5.40. The molecular weight excluding hydrogens is 294 g/mol. The molecule has 2 atom stereocenters. The fourth-order valence-electron chi connectivity index (χ4n) is 2.34. The van der Waals surface area contributed by atoms with Crippen LogP contribution in [0.15, 0.2) is 47.4 Å². The average molecular weight is 313 g/mol. The Morgan fingerprint density at radius 2 is 1.95 bits per heavy atom. The van der Waals surface area contributed by atoms with Crippen molar-refractivity contribution in [3.8, 4) is 5.69 Å². The van der Waals surface area contributed by atoms with E-state index in [1.54, 1.807) is 22.3 Å². The Bertz CT molecular complexity index is 676. The van der Waals surface area contributed by atoms with Crippen molar-refractivity contribution in [2.24, 2.45) is 0 Å². The predicted molar refractivity (Wildman–Crippen MR) is 88.3 cm³/mol. The van der Waals surface area contributed by atoms with E-state index in [0.717, 1.165) is 12.2 Å². The summed E-state index contributed by atoms with van der Waals surface area (Å²) in [7, 11) is 0. The smallest absolute Gasteiger partial charge is 0.143 e. The molecule has 3 aromatic rings. The van der Waals surface area contributed by atoms with Crippen molar-refractivity contribution >= 4 is 11.3 Å². The Labute approximate surface area is 134 Å². The maximum Gasteiger partial charge on any atom is 0.143 e. The third-order valence-corrected chi connectivity index (χ3v) is 4.55. The number of thiophene rings is 1. The summed E-state index contributed by atoms with van der Waals surface area (Å²) in [6.07, 6.45) is 1.60. The summed E-state index contributed by atoms with van der Waals surface area (Å²) in [5.41, 5.74) is 3.63. The molecule has 0 spiro atoms. The highest BCUT2D eigenvalue weighted by molar-refractivity contribution is 7.07. The molecule has 0 radical (unpaired) electrons. The largest absolute Gasteiger partial charge is 0.310 e. The van der Waals surface area contributed by atoms with Crippen molar-refractivity contribution in [2.75, 3.05) is 6.54 Å². The lowest BCUT2D eigenvalue weighted by Gasteiger charge is -2.18. The van der Waals surface area contributed by atoms with E-state index in [1.165, 1.54) is 11.1 Å². The number of rotatable bonds is 6. The second kappa shape index (κ2) is 6.81. The third kappa shape index (κ3) is 3.40. The van der Waals surface area contributed by atoms with Gasteiger partial charge in [0.25, 0.3) is 0 Å². The summed E-state index contributed by atoms with van der Waals surface area (Å²) in [5, 5.41) is 19.1. The van der Waals surface area contributed by atoms with Gasteiger partial charge in [-0.3, -0.25) is 0 Å². The Morgan fingerprint density at radius 1 is 1.14 bits per heavy atom. The molecule has 0 aliphatic rings. The van der Waals surface area contributed by atoms with Gasteiger partial charge in [-0.15, -0.1) is 5.10 Å². The van der Waals surface area contributed by atoms with E-state index in [9.17, 15) is 0 Å². The molecule has 3 rings (SSSR count). The molecule has 0 amide bonds.